The molecule has 134 valence electrons. The highest BCUT2D eigenvalue weighted by Crippen LogP contribution is 2.28. The van der Waals surface area contributed by atoms with Gasteiger partial charge in [-0.3, -0.25) is 9.48 Å². The smallest absolute Gasteiger partial charge is 0.226 e. The van der Waals surface area contributed by atoms with Crippen LogP contribution in [0.5, 0.6) is 5.75 Å². The molecule has 2 aromatic rings. The van der Waals surface area contributed by atoms with Crippen LogP contribution < -0.4 is 10.1 Å². The van der Waals surface area contributed by atoms with Gasteiger partial charge in [0.15, 0.2) is 9.84 Å². The molecular weight excluding hydrogens is 342 g/mol. The van der Waals surface area contributed by atoms with Crippen molar-refractivity contribution in [1.82, 2.24) is 9.78 Å². The summed E-state index contributed by atoms with van der Waals surface area (Å²) in [5.41, 5.74) is 2.08. The first-order valence-electron chi connectivity index (χ1n) is 8.12. The number of aryl methyl sites for hydroxylation is 2. The van der Waals surface area contributed by atoms with Gasteiger partial charge in [0.05, 0.1) is 23.5 Å². The molecule has 0 fully saturated rings. The molecule has 1 aliphatic rings. The Bertz CT molecular complexity index is 885. The zero-order valence-corrected chi connectivity index (χ0v) is 15.1. The number of fused-ring (bicyclic) bond motifs is 1. The fourth-order valence-corrected chi connectivity index (χ4v) is 4.24. The fourth-order valence-electron chi connectivity index (χ4n) is 3.00. The number of aromatic nitrogens is 2. The van der Waals surface area contributed by atoms with Crippen molar-refractivity contribution < 1.29 is 17.9 Å². The first kappa shape index (κ1) is 17.5. The third-order valence-electron chi connectivity index (χ3n) is 4.34. The molecule has 3 rings (SSSR count). The minimum Gasteiger partial charge on any atom is -0.497 e. The lowest BCUT2D eigenvalue weighted by molar-refractivity contribution is -0.115. The number of ether oxygens (including phenoxy) is 1. The molecule has 1 amide bonds. The topological polar surface area (TPSA) is 90.3 Å². The lowest BCUT2D eigenvalue weighted by atomic mass is 10.2. The van der Waals surface area contributed by atoms with E-state index < -0.39 is 9.84 Å². The summed E-state index contributed by atoms with van der Waals surface area (Å²) < 4.78 is 31.4. The first-order chi connectivity index (χ1) is 11.9. The molecule has 25 heavy (non-hydrogen) atoms. The molecule has 8 heteroatoms. The molecule has 0 spiro atoms. The SMILES string of the molecule is COc1ccc(S(=O)(=O)CCC(=O)Nc2c3c(nn2C)CCC3)cc1. The molecule has 1 heterocycles. The van der Waals surface area contributed by atoms with E-state index in [0.29, 0.717) is 11.6 Å². The molecule has 1 aliphatic carbocycles. The van der Waals surface area contributed by atoms with E-state index in [1.807, 2.05) is 0 Å². The predicted molar refractivity (Wildman–Crippen MR) is 93.5 cm³/mol. The number of amides is 1. The van der Waals surface area contributed by atoms with Gasteiger partial charge in [0, 0.05) is 19.0 Å². The average molecular weight is 363 g/mol. The normalized spacial score (nSPS) is 13.5. The number of hydrogen-bond donors (Lipinski definition) is 1. The van der Waals surface area contributed by atoms with Crippen LogP contribution in [0.25, 0.3) is 0 Å². The van der Waals surface area contributed by atoms with Gasteiger partial charge in [-0.25, -0.2) is 8.42 Å². The summed E-state index contributed by atoms with van der Waals surface area (Å²) in [5.74, 6) is 0.696. The van der Waals surface area contributed by atoms with Crippen LogP contribution in [-0.4, -0.2) is 37.0 Å². The number of anilines is 1. The van der Waals surface area contributed by atoms with Crippen LogP contribution in [0.4, 0.5) is 5.82 Å². The van der Waals surface area contributed by atoms with Crippen LogP contribution in [0.3, 0.4) is 0 Å². The largest absolute Gasteiger partial charge is 0.497 e. The van der Waals surface area contributed by atoms with Crippen LogP contribution in [0.15, 0.2) is 29.2 Å². The maximum atomic E-state index is 12.4. The van der Waals surface area contributed by atoms with Crippen molar-refractivity contribution in [3.63, 3.8) is 0 Å². The van der Waals surface area contributed by atoms with Crippen molar-refractivity contribution in [2.24, 2.45) is 7.05 Å². The summed E-state index contributed by atoms with van der Waals surface area (Å²) in [4.78, 5) is 12.4. The zero-order valence-electron chi connectivity index (χ0n) is 14.3. The van der Waals surface area contributed by atoms with Crippen molar-refractivity contribution in [3.05, 3.63) is 35.5 Å². The number of benzene rings is 1. The summed E-state index contributed by atoms with van der Waals surface area (Å²) >= 11 is 0. The molecule has 0 saturated heterocycles. The van der Waals surface area contributed by atoms with Crippen LogP contribution in [0.2, 0.25) is 0 Å². The molecule has 0 radical (unpaired) electrons. The summed E-state index contributed by atoms with van der Waals surface area (Å²) in [6.07, 6.45) is 2.75. The van der Waals surface area contributed by atoms with E-state index in [1.54, 1.807) is 23.9 Å². The van der Waals surface area contributed by atoms with Gasteiger partial charge in [-0.05, 0) is 43.5 Å². The second-order valence-corrected chi connectivity index (χ2v) is 8.15. The number of nitrogens with one attached hydrogen (secondary N) is 1. The number of carbonyl (C=O) groups is 1. The van der Waals surface area contributed by atoms with E-state index in [-0.39, 0.29) is 23.0 Å². The lowest BCUT2D eigenvalue weighted by Crippen LogP contribution is -2.19. The van der Waals surface area contributed by atoms with Crippen molar-refractivity contribution in [3.8, 4) is 5.75 Å². The highest BCUT2D eigenvalue weighted by atomic mass is 32.2. The predicted octanol–water partition coefficient (Wildman–Crippen LogP) is 1.72. The zero-order chi connectivity index (χ0) is 18.0. The van der Waals surface area contributed by atoms with Gasteiger partial charge in [-0.1, -0.05) is 0 Å². The minimum absolute atomic E-state index is 0.103. The third kappa shape index (κ3) is 3.68. The molecule has 0 saturated carbocycles. The Hall–Kier alpha value is -2.35. The number of sulfone groups is 1. The molecular formula is C17H21N3O4S. The van der Waals surface area contributed by atoms with Gasteiger partial charge in [0.25, 0.3) is 0 Å². The van der Waals surface area contributed by atoms with Gasteiger partial charge < -0.3 is 10.1 Å². The second kappa shape index (κ2) is 6.87. The van der Waals surface area contributed by atoms with E-state index in [2.05, 4.69) is 10.4 Å². The van der Waals surface area contributed by atoms with E-state index >= 15 is 0 Å². The Labute approximate surface area is 146 Å². The van der Waals surface area contributed by atoms with E-state index in [4.69, 9.17) is 4.74 Å². The van der Waals surface area contributed by atoms with Crippen LogP contribution in [0, 0.1) is 0 Å². The van der Waals surface area contributed by atoms with Crippen molar-refractivity contribution >= 4 is 21.6 Å². The Kier molecular flexibility index (Phi) is 4.80. The quantitative estimate of drug-likeness (QED) is 0.844. The maximum absolute atomic E-state index is 12.4. The Morgan fingerprint density at radius 3 is 2.68 bits per heavy atom. The molecule has 0 aliphatic heterocycles. The highest BCUT2D eigenvalue weighted by Gasteiger charge is 2.23. The number of methoxy groups -OCH3 is 1. The van der Waals surface area contributed by atoms with Gasteiger partial charge in [0.2, 0.25) is 5.91 Å². The molecule has 7 nitrogen and oxygen atoms in total. The summed E-state index contributed by atoms with van der Waals surface area (Å²) in [6.45, 7) is 0. The van der Waals surface area contributed by atoms with Crippen LogP contribution in [-0.2, 0) is 34.5 Å². The number of carbonyl (C=O) groups excluding carboxylic acids is 1. The van der Waals surface area contributed by atoms with E-state index in [0.717, 1.165) is 30.5 Å². The van der Waals surface area contributed by atoms with Gasteiger partial charge in [-0.15, -0.1) is 0 Å². The molecule has 0 bridgehead atoms. The van der Waals surface area contributed by atoms with Gasteiger partial charge in [0.1, 0.15) is 11.6 Å². The molecule has 1 N–H and O–H groups in total. The second-order valence-electron chi connectivity index (χ2n) is 6.04. The van der Waals surface area contributed by atoms with Gasteiger partial charge in [-0.2, -0.15) is 5.10 Å². The van der Waals surface area contributed by atoms with Crippen molar-refractivity contribution in [2.45, 2.75) is 30.6 Å². The van der Waals surface area contributed by atoms with Gasteiger partial charge >= 0.3 is 0 Å². The summed E-state index contributed by atoms with van der Waals surface area (Å²) in [6, 6.07) is 6.15. The lowest BCUT2D eigenvalue weighted by Gasteiger charge is -2.08. The minimum atomic E-state index is -3.52. The number of nitrogens with zero attached hydrogens (tertiary/aromatic N) is 2. The molecule has 1 aromatic carbocycles. The Balaban J connectivity index is 1.63. The van der Waals surface area contributed by atoms with Crippen LogP contribution >= 0.6 is 0 Å². The Morgan fingerprint density at radius 2 is 2.00 bits per heavy atom. The molecule has 0 unspecified atom stereocenters. The first-order valence-corrected chi connectivity index (χ1v) is 9.77. The van der Waals surface area contributed by atoms with Crippen LogP contribution in [0.1, 0.15) is 24.1 Å². The van der Waals surface area contributed by atoms with E-state index in [9.17, 15) is 13.2 Å². The standard InChI is InChI=1S/C17H21N3O4S/c1-20-17(14-4-3-5-15(14)19-20)18-16(21)10-11-25(22,23)13-8-6-12(24-2)7-9-13/h6-9H,3-5,10-11H2,1-2H3,(H,18,21). The maximum Gasteiger partial charge on any atom is 0.226 e. The van der Waals surface area contributed by atoms with Crippen molar-refractivity contribution in [2.75, 3.05) is 18.2 Å². The van der Waals surface area contributed by atoms with E-state index in [1.165, 1.54) is 19.2 Å². The highest BCUT2D eigenvalue weighted by molar-refractivity contribution is 7.91. The molecule has 1 aromatic heterocycles. The van der Waals surface area contributed by atoms with Crippen molar-refractivity contribution in [1.29, 1.82) is 0 Å². The number of rotatable bonds is 6. The fraction of sp³-hybridized carbons (Fsp3) is 0.412. The molecule has 0 atom stereocenters. The summed E-state index contributed by atoms with van der Waals surface area (Å²) in [7, 11) is -0.223. The number of hydrogen-bond acceptors (Lipinski definition) is 5. The monoisotopic (exact) mass is 363 g/mol. The summed E-state index contributed by atoms with van der Waals surface area (Å²) in [5, 5.41) is 7.20. The Morgan fingerprint density at radius 1 is 1.28 bits per heavy atom. The average Bonchev–Trinajstić information content (AvgIpc) is 3.16. The third-order valence-corrected chi connectivity index (χ3v) is 6.08.